The molecule has 1 aromatic heterocycles. The van der Waals surface area contributed by atoms with Gasteiger partial charge in [-0.15, -0.1) is 11.3 Å². The van der Waals surface area contributed by atoms with E-state index in [1.54, 1.807) is 0 Å². The van der Waals surface area contributed by atoms with E-state index < -0.39 is 0 Å². The maximum Gasteiger partial charge on any atom is 0.261 e. The Hall–Kier alpha value is -0.870. The van der Waals surface area contributed by atoms with Gasteiger partial charge in [0.1, 0.15) is 0 Å². The van der Waals surface area contributed by atoms with Crippen molar-refractivity contribution >= 4 is 17.2 Å². The number of nitrogens with two attached hydrogens (primary N) is 1. The summed E-state index contributed by atoms with van der Waals surface area (Å²) in [5, 5.41) is 2.83. The first-order valence-corrected chi connectivity index (χ1v) is 5.04. The number of carbonyl (C=O) groups excluding carboxylic acids is 1. The number of rotatable bonds is 3. The van der Waals surface area contributed by atoms with Crippen molar-refractivity contribution in [2.24, 2.45) is 5.73 Å². The minimum atomic E-state index is -0.0142. The number of thiophene rings is 1. The number of nitrogens with one attached hydrogen (secondary N) is 1. The third kappa shape index (κ3) is 2.82. The van der Waals surface area contributed by atoms with Crippen LogP contribution in [0, 0.1) is 0 Å². The van der Waals surface area contributed by atoms with Crippen LogP contribution in [0.5, 0.6) is 0 Å². The summed E-state index contributed by atoms with van der Waals surface area (Å²) in [6, 6.07) is 3.88. The van der Waals surface area contributed by atoms with Crippen molar-refractivity contribution in [3.63, 3.8) is 0 Å². The minimum absolute atomic E-state index is 0.0142. The number of amides is 1. The Morgan fingerprint density at radius 2 is 2.31 bits per heavy atom. The molecule has 1 heterocycles. The van der Waals surface area contributed by atoms with Gasteiger partial charge in [-0.2, -0.15) is 0 Å². The molecule has 72 valence electrons. The standard InChI is InChI=1S/C9H14N2OS/c1-6(2)11-9(12)8-4-3-7(5-10)13-8/h3-4,6H,5,10H2,1-2H3,(H,11,12). The van der Waals surface area contributed by atoms with Gasteiger partial charge in [0, 0.05) is 17.5 Å². The van der Waals surface area contributed by atoms with Crippen molar-refractivity contribution in [1.82, 2.24) is 5.32 Å². The fourth-order valence-electron chi connectivity index (χ4n) is 0.943. The third-order valence-electron chi connectivity index (χ3n) is 1.51. The highest BCUT2D eigenvalue weighted by atomic mass is 32.1. The lowest BCUT2D eigenvalue weighted by Gasteiger charge is -2.05. The van der Waals surface area contributed by atoms with Crippen LogP contribution in [0.25, 0.3) is 0 Å². The average molecular weight is 198 g/mol. The molecule has 0 aromatic carbocycles. The molecule has 1 amide bonds. The SMILES string of the molecule is CC(C)NC(=O)c1ccc(CN)s1. The molecule has 0 aliphatic rings. The molecule has 0 atom stereocenters. The Morgan fingerprint density at radius 3 is 2.77 bits per heavy atom. The predicted molar refractivity (Wildman–Crippen MR) is 54.8 cm³/mol. The Labute approximate surface area is 81.9 Å². The molecule has 0 bridgehead atoms. The van der Waals surface area contributed by atoms with E-state index in [4.69, 9.17) is 5.73 Å². The van der Waals surface area contributed by atoms with Crippen LogP contribution in [0.3, 0.4) is 0 Å². The highest BCUT2D eigenvalue weighted by Crippen LogP contribution is 2.15. The van der Waals surface area contributed by atoms with Gasteiger partial charge in [-0.25, -0.2) is 0 Å². The first kappa shape index (κ1) is 10.2. The molecule has 0 unspecified atom stereocenters. The van der Waals surface area contributed by atoms with Crippen LogP contribution in [0.1, 0.15) is 28.4 Å². The maximum absolute atomic E-state index is 11.4. The van der Waals surface area contributed by atoms with Crippen molar-refractivity contribution < 1.29 is 4.79 Å². The molecule has 0 saturated carbocycles. The fourth-order valence-corrected chi connectivity index (χ4v) is 1.73. The number of hydrogen-bond acceptors (Lipinski definition) is 3. The van der Waals surface area contributed by atoms with Crippen LogP contribution in [-0.4, -0.2) is 11.9 Å². The molecule has 0 aliphatic carbocycles. The minimum Gasteiger partial charge on any atom is -0.349 e. The Kier molecular flexibility index (Phi) is 3.45. The van der Waals surface area contributed by atoms with Crippen molar-refractivity contribution in [1.29, 1.82) is 0 Å². The Balaban J connectivity index is 2.66. The third-order valence-corrected chi connectivity index (χ3v) is 2.61. The summed E-state index contributed by atoms with van der Waals surface area (Å²) in [5.74, 6) is -0.0142. The largest absolute Gasteiger partial charge is 0.349 e. The average Bonchev–Trinajstić information content (AvgIpc) is 2.50. The molecule has 1 aromatic rings. The molecule has 0 radical (unpaired) electrons. The highest BCUT2D eigenvalue weighted by Gasteiger charge is 2.08. The lowest BCUT2D eigenvalue weighted by atomic mass is 10.3. The van der Waals surface area contributed by atoms with E-state index in [0.717, 1.165) is 9.75 Å². The first-order valence-electron chi connectivity index (χ1n) is 4.23. The summed E-state index contributed by atoms with van der Waals surface area (Å²) in [5.41, 5.74) is 5.44. The topological polar surface area (TPSA) is 55.1 Å². The van der Waals surface area contributed by atoms with Crippen LogP contribution >= 0.6 is 11.3 Å². The van der Waals surface area contributed by atoms with Crippen LogP contribution in [0.15, 0.2) is 12.1 Å². The van der Waals surface area contributed by atoms with Crippen molar-refractivity contribution in [2.45, 2.75) is 26.4 Å². The van der Waals surface area contributed by atoms with Gasteiger partial charge in [0.25, 0.3) is 5.91 Å². The summed E-state index contributed by atoms with van der Waals surface area (Å²) in [6.07, 6.45) is 0. The molecular weight excluding hydrogens is 184 g/mol. The molecule has 0 spiro atoms. The summed E-state index contributed by atoms with van der Waals surface area (Å²) < 4.78 is 0. The maximum atomic E-state index is 11.4. The molecule has 0 aliphatic heterocycles. The smallest absolute Gasteiger partial charge is 0.261 e. The van der Waals surface area contributed by atoms with E-state index in [1.165, 1.54) is 11.3 Å². The number of carbonyl (C=O) groups is 1. The van der Waals surface area contributed by atoms with E-state index in [-0.39, 0.29) is 11.9 Å². The van der Waals surface area contributed by atoms with Gasteiger partial charge >= 0.3 is 0 Å². The van der Waals surface area contributed by atoms with Gasteiger partial charge in [0.15, 0.2) is 0 Å². The quantitative estimate of drug-likeness (QED) is 0.770. The highest BCUT2D eigenvalue weighted by molar-refractivity contribution is 7.14. The fraction of sp³-hybridized carbons (Fsp3) is 0.444. The molecule has 0 saturated heterocycles. The van der Waals surface area contributed by atoms with Crippen LogP contribution < -0.4 is 11.1 Å². The normalized spacial score (nSPS) is 10.5. The predicted octanol–water partition coefficient (Wildman–Crippen LogP) is 1.35. The lowest BCUT2D eigenvalue weighted by Crippen LogP contribution is -2.29. The second-order valence-corrected chi connectivity index (χ2v) is 4.27. The molecule has 13 heavy (non-hydrogen) atoms. The summed E-state index contributed by atoms with van der Waals surface area (Å²) in [7, 11) is 0. The first-order chi connectivity index (χ1) is 6.13. The van der Waals surface area contributed by atoms with E-state index in [9.17, 15) is 4.79 Å². The van der Waals surface area contributed by atoms with Gasteiger partial charge in [0.05, 0.1) is 4.88 Å². The van der Waals surface area contributed by atoms with Gasteiger partial charge < -0.3 is 11.1 Å². The lowest BCUT2D eigenvalue weighted by molar-refractivity contribution is 0.0947. The molecule has 4 heteroatoms. The monoisotopic (exact) mass is 198 g/mol. The van der Waals surface area contributed by atoms with Crippen molar-refractivity contribution in [3.05, 3.63) is 21.9 Å². The molecule has 3 N–H and O–H groups in total. The van der Waals surface area contributed by atoms with E-state index in [0.29, 0.717) is 6.54 Å². The summed E-state index contributed by atoms with van der Waals surface area (Å²) in [6.45, 7) is 4.38. The Morgan fingerprint density at radius 1 is 1.62 bits per heavy atom. The van der Waals surface area contributed by atoms with E-state index >= 15 is 0 Å². The van der Waals surface area contributed by atoms with Crippen LogP contribution in [0.2, 0.25) is 0 Å². The molecule has 1 rings (SSSR count). The summed E-state index contributed by atoms with van der Waals surface area (Å²) >= 11 is 1.45. The van der Waals surface area contributed by atoms with Crippen LogP contribution in [-0.2, 0) is 6.54 Å². The molecule has 3 nitrogen and oxygen atoms in total. The van der Waals surface area contributed by atoms with Crippen molar-refractivity contribution in [2.75, 3.05) is 0 Å². The van der Waals surface area contributed by atoms with Gasteiger partial charge in [-0.3, -0.25) is 4.79 Å². The zero-order valence-corrected chi connectivity index (χ0v) is 8.65. The molecular formula is C9H14N2OS. The van der Waals surface area contributed by atoms with Crippen molar-refractivity contribution in [3.8, 4) is 0 Å². The van der Waals surface area contributed by atoms with Gasteiger partial charge in [-0.1, -0.05) is 0 Å². The van der Waals surface area contributed by atoms with Crippen LogP contribution in [0.4, 0.5) is 0 Å². The van der Waals surface area contributed by atoms with Gasteiger partial charge in [-0.05, 0) is 26.0 Å². The zero-order chi connectivity index (χ0) is 9.84. The van der Waals surface area contributed by atoms with Gasteiger partial charge in [0.2, 0.25) is 0 Å². The second-order valence-electron chi connectivity index (χ2n) is 3.10. The Bertz CT molecular complexity index is 294. The van der Waals surface area contributed by atoms with E-state index in [2.05, 4.69) is 5.32 Å². The summed E-state index contributed by atoms with van der Waals surface area (Å²) in [4.78, 5) is 13.2. The second kappa shape index (κ2) is 4.39. The zero-order valence-electron chi connectivity index (χ0n) is 7.83. The molecule has 0 fully saturated rings. The van der Waals surface area contributed by atoms with E-state index in [1.807, 2.05) is 26.0 Å². The number of hydrogen-bond donors (Lipinski definition) is 2.